The Morgan fingerprint density at radius 1 is 1.50 bits per heavy atom. The molecule has 3 nitrogen and oxygen atoms in total. The largest absolute Gasteiger partial charge is 0.367 e. The molecule has 1 N–H and O–H groups in total. The van der Waals surface area contributed by atoms with Crippen LogP contribution in [0.5, 0.6) is 0 Å². The molecule has 0 saturated carbocycles. The molecule has 1 fully saturated rings. The van der Waals surface area contributed by atoms with E-state index >= 15 is 0 Å². The number of aromatic nitrogens is 2. The highest BCUT2D eigenvalue weighted by Gasteiger charge is 2.36. The predicted octanol–water partition coefficient (Wildman–Crippen LogP) is 2.56. The zero-order valence-electron chi connectivity index (χ0n) is 10.2. The van der Waals surface area contributed by atoms with Gasteiger partial charge in [0.15, 0.2) is 0 Å². The number of hydrogen-bond acceptors (Lipinski definition) is 2. The molecule has 1 aromatic heterocycles. The Labute approximate surface area is 96.6 Å². The molecule has 1 saturated heterocycles. The van der Waals surface area contributed by atoms with Crippen molar-refractivity contribution >= 4 is 0 Å². The summed E-state index contributed by atoms with van der Waals surface area (Å²) < 4.78 is 5.84. The fraction of sp³-hybridized carbons (Fsp3) is 0.769. The minimum atomic E-state index is -0.152. The van der Waals surface area contributed by atoms with Gasteiger partial charge in [-0.05, 0) is 44.9 Å². The first-order chi connectivity index (χ1) is 7.67. The van der Waals surface area contributed by atoms with Gasteiger partial charge in [-0.2, -0.15) is 0 Å². The lowest BCUT2D eigenvalue weighted by molar-refractivity contribution is 0.00989. The van der Waals surface area contributed by atoms with Gasteiger partial charge in [0, 0.05) is 12.3 Å². The number of aryl methyl sites for hydroxylation is 1. The van der Waals surface area contributed by atoms with Crippen molar-refractivity contribution in [3.63, 3.8) is 0 Å². The van der Waals surface area contributed by atoms with Crippen molar-refractivity contribution in [1.82, 2.24) is 9.97 Å². The molecule has 16 heavy (non-hydrogen) atoms. The van der Waals surface area contributed by atoms with Crippen LogP contribution in [0.15, 0.2) is 0 Å². The molecular formula is C13H20N2O. The molecule has 0 bridgehead atoms. The Bertz CT molecular complexity index is 391. The van der Waals surface area contributed by atoms with E-state index in [4.69, 9.17) is 9.72 Å². The van der Waals surface area contributed by atoms with Gasteiger partial charge >= 0.3 is 0 Å². The van der Waals surface area contributed by atoms with Crippen LogP contribution in [0.3, 0.4) is 0 Å². The topological polar surface area (TPSA) is 37.9 Å². The lowest BCUT2D eigenvalue weighted by Gasteiger charge is -2.19. The number of hydrogen-bond donors (Lipinski definition) is 1. The Morgan fingerprint density at radius 3 is 3.12 bits per heavy atom. The van der Waals surface area contributed by atoms with Gasteiger partial charge in [0.1, 0.15) is 11.4 Å². The number of fused-ring (bicyclic) bond motifs is 1. The predicted molar refractivity (Wildman–Crippen MR) is 62.3 cm³/mol. The number of nitrogens with one attached hydrogen (secondary N) is 1. The van der Waals surface area contributed by atoms with Crippen LogP contribution < -0.4 is 0 Å². The highest BCUT2D eigenvalue weighted by atomic mass is 16.5. The minimum Gasteiger partial charge on any atom is -0.367 e. The first-order valence-corrected chi connectivity index (χ1v) is 6.39. The Hall–Kier alpha value is -0.830. The minimum absolute atomic E-state index is 0.152. The van der Waals surface area contributed by atoms with E-state index in [2.05, 4.69) is 18.8 Å². The Morgan fingerprint density at radius 2 is 2.38 bits per heavy atom. The van der Waals surface area contributed by atoms with Crippen molar-refractivity contribution in [2.75, 3.05) is 6.61 Å². The van der Waals surface area contributed by atoms with E-state index in [9.17, 15) is 0 Å². The van der Waals surface area contributed by atoms with E-state index in [0.717, 1.165) is 44.0 Å². The van der Waals surface area contributed by atoms with Gasteiger partial charge < -0.3 is 9.72 Å². The lowest BCUT2D eigenvalue weighted by Crippen LogP contribution is -2.21. The third-order valence-corrected chi connectivity index (χ3v) is 4.01. The van der Waals surface area contributed by atoms with E-state index < -0.39 is 0 Å². The number of H-pyrrole nitrogens is 1. The van der Waals surface area contributed by atoms with Gasteiger partial charge in [-0.15, -0.1) is 0 Å². The zero-order valence-corrected chi connectivity index (χ0v) is 10.2. The molecule has 3 rings (SSSR count). The van der Waals surface area contributed by atoms with Crippen molar-refractivity contribution in [1.29, 1.82) is 0 Å². The van der Waals surface area contributed by atoms with Crippen LogP contribution >= 0.6 is 0 Å². The molecule has 3 heteroatoms. The van der Waals surface area contributed by atoms with E-state index in [1.807, 2.05) is 0 Å². The molecule has 0 radical (unpaired) electrons. The number of rotatable bonds is 1. The van der Waals surface area contributed by atoms with Crippen molar-refractivity contribution in [3.8, 4) is 0 Å². The van der Waals surface area contributed by atoms with Crippen LogP contribution in [0, 0.1) is 5.92 Å². The lowest BCUT2D eigenvalue weighted by atomic mass is 9.92. The van der Waals surface area contributed by atoms with Crippen LogP contribution in [-0.2, 0) is 23.2 Å². The summed E-state index contributed by atoms with van der Waals surface area (Å²) >= 11 is 0. The number of ether oxygens (including phenoxy) is 1. The number of aromatic amines is 1. The van der Waals surface area contributed by atoms with Crippen molar-refractivity contribution in [2.24, 2.45) is 5.92 Å². The maximum atomic E-state index is 5.84. The SMILES string of the molecule is CC1CCc2nc(C3(C)CCCO3)[nH]c2C1. The molecule has 1 aliphatic heterocycles. The second-order valence-electron chi connectivity index (χ2n) is 5.54. The quantitative estimate of drug-likeness (QED) is 0.790. The molecule has 2 aliphatic rings. The first-order valence-electron chi connectivity index (χ1n) is 6.39. The average Bonchev–Trinajstić information content (AvgIpc) is 2.84. The monoisotopic (exact) mass is 220 g/mol. The first kappa shape index (κ1) is 10.3. The summed E-state index contributed by atoms with van der Waals surface area (Å²) in [6.07, 6.45) is 5.80. The maximum Gasteiger partial charge on any atom is 0.138 e. The van der Waals surface area contributed by atoms with Gasteiger partial charge in [-0.1, -0.05) is 6.92 Å². The molecule has 1 aliphatic carbocycles. The molecule has 0 spiro atoms. The van der Waals surface area contributed by atoms with E-state index in [-0.39, 0.29) is 5.60 Å². The van der Waals surface area contributed by atoms with Crippen LogP contribution in [0.25, 0.3) is 0 Å². The highest BCUT2D eigenvalue weighted by Crippen LogP contribution is 2.35. The summed E-state index contributed by atoms with van der Waals surface area (Å²) in [5, 5.41) is 0. The zero-order chi connectivity index (χ0) is 11.2. The van der Waals surface area contributed by atoms with Crippen molar-refractivity contribution < 1.29 is 4.74 Å². The third kappa shape index (κ3) is 1.58. The smallest absolute Gasteiger partial charge is 0.138 e. The summed E-state index contributed by atoms with van der Waals surface area (Å²) in [6.45, 7) is 5.35. The highest BCUT2D eigenvalue weighted by molar-refractivity contribution is 5.21. The normalized spacial score (nSPS) is 34.0. The van der Waals surface area contributed by atoms with Gasteiger partial charge in [-0.3, -0.25) is 0 Å². The third-order valence-electron chi connectivity index (χ3n) is 4.01. The second kappa shape index (κ2) is 3.59. The fourth-order valence-electron chi connectivity index (χ4n) is 2.87. The molecule has 2 atom stereocenters. The molecule has 1 aromatic rings. The second-order valence-corrected chi connectivity index (χ2v) is 5.54. The molecule has 0 aromatic carbocycles. The molecule has 2 heterocycles. The van der Waals surface area contributed by atoms with Crippen LogP contribution in [-0.4, -0.2) is 16.6 Å². The van der Waals surface area contributed by atoms with Crippen LogP contribution in [0.2, 0.25) is 0 Å². The average molecular weight is 220 g/mol. The van der Waals surface area contributed by atoms with E-state index in [1.54, 1.807) is 0 Å². The summed E-state index contributed by atoms with van der Waals surface area (Å²) in [5.41, 5.74) is 2.48. The summed E-state index contributed by atoms with van der Waals surface area (Å²) in [5.74, 6) is 1.85. The van der Waals surface area contributed by atoms with Gasteiger partial charge in [-0.25, -0.2) is 4.98 Å². The summed E-state index contributed by atoms with van der Waals surface area (Å²) in [7, 11) is 0. The Kier molecular flexibility index (Phi) is 2.32. The molecule has 2 unspecified atom stereocenters. The fourth-order valence-corrected chi connectivity index (χ4v) is 2.87. The van der Waals surface area contributed by atoms with Crippen molar-refractivity contribution in [2.45, 2.75) is 51.6 Å². The van der Waals surface area contributed by atoms with E-state index in [1.165, 1.54) is 17.8 Å². The van der Waals surface area contributed by atoms with Crippen LogP contribution in [0.1, 0.15) is 50.3 Å². The van der Waals surface area contributed by atoms with Gasteiger partial charge in [0.25, 0.3) is 0 Å². The van der Waals surface area contributed by atoms with Gasteiger partial charge in [0.2, 0.25) is 0 Å². The standard InChI is InChI=1S/C13H20N2O/c1-9-4-5-10-11(8-9)15-12(14-10)13(2)6-3-7-16-13/h9H,3-8H2,1-2H3,(H,14,15). The van der Waals surface area contributed by atoms with Gasteiger partial charge in [0.05, 0.1) is 5.69 Å². The Balaban J connectivity index is 1.92. The molecule has 88 valence electrons. The van der Waals surface area contributed by atoms with Crippen molar-refractivity contribution in [3.05, 3.63) is 17.2 Å². The summed E-state index contributed by atoms with van der Waals surface area (Å²) in [4.78, 5) is 8.27. The maximum absolute atomic E-state index is 5.84. The number of nitrogens with zero attached hydrogens (tertiary/aromatic N) is 1. The molecule has 0 amide bonds. The number of imidazole rings is 1. The van der Waals surface area contributed by atoms with Crippen LogP contribution in [0.4, 0.5) is 0 Å². The summed E-state index contributed by atoms with van der Waals surface area (Å²) in [6, 6.07) is 0. The van der Waals surface area contributed by atoms with E-state index in [0.29, 0.717) is 0 Å². The molecular weight excluding hydrogens is 200 g/mol.